The Kier molecular flexibility index (Phi) is 6.29. The summed E-state index contributed by atoms with van der Waals surface area (Å²) in [5.41, 5.74) is 0.983. The molecule has 1 heterocycles. The third-order valence-corrected chi connectivity index (χ3v) is 3.60. The van der Waals surface area contributed by atoms with E-state index in [0.717, 1.165) is 37.2 Å². The van der Waals surface area contributed by atoms with Gasteiger partial charge in [0.15, 0.2) is 6.29 Å². The molecule has 1 aromatic carbocycles. The number of benzene rings is 1. The van der Waals surface area contributed by atoms with E-state index < -0.39 is 0 Å². The van der Waals surface area contributed by atoms with Gasteiger partial charge in [0.2, 0.25) is 0 Å². The van der Waals surface area contributed by atoms with Crippen LogP contribution in [0.3, 0.4) is 0 Å². The van der Waals surface area contributed by atoms with Crippen molar-refractivity contribution in [2.45, 2.75) is 44.8 Å². The van der Waals surface area contributed by atoms with Crippen molar-refractivity contribution in [3.8, 4) is 17.6 Å². The van der Waals surface area contributed by atoms with Gasteiger partial charge in [-0.25, -0.2) is 0 Å². The zero-order valence-corrected chi connectivity index (χ0v) is 13.1. The van der Waals surface area contributed by atoms with Gasteiger partial charge < -0.3 is 14.2 Å². The molecule has 2 rings (SSSR count). The molecule has 1 aromatic rings. The number of ether oxygens (including phenoxy) is 3. The fourth-order valence-electron chi connectivity index (χ4n) is 2.41. The molecule has 0 aliphatic carbocycles. The molecule has 1 unspecified atom stereocenters. The Hall–Kier alpha value is -1.99. The van der Waals surface area contributed by atoms with Crippen LogP contribution >= 0.6 is 0 Å². The van der Waals surface area contributed by atoms with Crippen LogP contribution in [0.2, 0.25) is 0 Å². The Morgan fingerprint density at radius 1 is 1.36 bits per heavy atom. The van der Waals surface area contributed by atoms with Crippen LogP contribution in [0.15, 0.2) is 24.3 Å². The summed E-state index contributed by atoms with van der Waals surface area (Å²) >= 11 is 0. The summed E-state index contributed by atoms with van der Waals surface area (Å²) in [5, 5.41) is 0. The molecule has 4 nitrogen and oxygen atoms in total. The lowest BCUT2D eigenvalue weighted by Gasteiger charge is -2.23. The number of methoxy groups -OCH3 is 1. The predicted octanol–water partition coefficient (Wildman–Crippen LogP) is 3.26. The van der Waals surface area contributed by atoms with Gasteiger partial charge in [-0.1, -0.05) is 18.1 Å². The Balaban J connectivity index is 2.01. The van der Waals surface area contributed by atoms with Crippen molar-refractivity contribution in [2.75, 3.05) is 13.7 Å². The molecule has 0 N–H and O–H groups in total. The molecule has 0 spiro atoms. The van der Waals surface area contributed by atoms with Gasteiger partial charge in [-0.3, -0.25) is 4.79 Å². The van der Waals surface area contributed by atoms with Crippen LogP contribution in [0.1, 0.15) is 44.1 Å². The van der Waals surface area contributed by atoms with Crippen molar-refractivity contribution in [3.05, 3.63) is 29.8 Å². The molecule has 0 amide bonds. The minimum atomic E-state index is -0.260. The first kappa shape index (κ1) is 16.4. The van der Waals surface area contributed by atoms with Gasteiger partial charge in [0.1, 0.15) is 5.75 Å². The quantitative estimate of drug-likeness (QED) is 0.618. The molecule has 4 heteroatoms. The van der Waals surface area contributed by atoms with E-state index in [9.17, 15) is 4.79 Å². The highest BCUT2D eigenvalue weighted by atomic mass is 16.7. The molecule has 22 heavy (non-hydrogen) atoms. The van der Waals surface area contributed by atoms with Crippen LogP contribution in [-0.2, 0) is 14.3 Å². The Morgan fingerprint density at radius 3 is 2.73 bits per heavy atom. The van der Waals surface area contributed by atoms with E-state index >= 15 is 0 Å². The summed E-state index contributed by atoms with van der Waals surface area (Å²) in [4.78, 5) is 11.5. The molecule has 0 radical (unpaired) electrons. The summed E-state index contributed by atoms with van der Waals surface area (Å²) in [6.07, 6.45) is 3.26. The zero-order valence-electron chi connectivity index (χ0n) is 13.1. The molecule has 2 atom stereocenters. The number of carbonyl (C=O) groups is 1. The van der Waals surface area contributed by atoms with E-state index in [0.29, 0.717) is 0 Å². The first-order valence-electron chi connectivity index (χ1n) is 7.60. The van der Waals surface area contributed by atoms with Gasteiger partial charge >= 0.3 is 5.97 Å². The highest BCUT2D eigenvalue weighted by Gasteiger charge is 2.17. The molecule has 0 bridgehead atoms. The lowest BCUT2D eigenvalue weighted by atomic mass is 9.96. The lowest BCUT2D eigenvalue weighted by Crippen LogP contribution is -2.24. The van der Waals surface area contributed by atoms with Gasteiger partial charge in [0.05, 0.1) is 26.1 Å². The lowest BCUT2D eigenvalue weighted by molar-refractivity contribution is -0.140. The minimum Gasteiger partial charge on any atom is -0.469 e. The van der Waals surface area contributed by atoms with Crippen LogP contribution in [0.5, 0.6) is 5.75 Å². The maximum Gasteiger partial charge on any atom is 0.307 e. The Morgan fingerprint density at radius 2 is 2.14 bits per heavy atom. The Bertz CT molecular complexity index is 532. The third kappa shape index (κ3) is 4.78. The van der Waals surface area contributed by atoms with E-state index in [2.05, 4.69) is 11.8 Å². The smallest absolute Gasteiger partial charge is 0.307 e. The SMILES string of the molecule is CC#C[C@@H](CC(=O)OC)c1ccc(OC2CCCCO2)cc1. The van der Waals surface area contributed by atoms with Crippen LogP contribution in [-0.4, -0.2) is 26.0 Å². The summed E-state index contributed by atoms with van der Waals surface area (Å²) in [6, 6.07) is 7.68. The molecule has 1 aliphatic heterocycles. The first-order valence-corrected chi connectivity index (χ1v) is 7.60. The summed E-state index contributed by atoms with van der Waals surface area (Å²) in [7, 11) is 1.39. The van der Waals surface area contributed by atoms with E-state index in [1.165, 1.54) is 7.11 Å². The average molecular weight is 302 g/mol. The van der Waals surface area contributed by atoms with Crippen LogP contribution in [0.25, 0.3) is 0 Å². The summed E-state index contributed by atoms with van der Waals surface area (Å²) < 4.78 is 16.1. The number of carbonyl (C=O) groups excluding carboxylic acids is 1. The topological polar surface area (TPSA) is 44.8 Å². The molecular formula is C18H22O4. The largest absolute Gasteiger partial charge is 0.469 e. The molecular weight excluding hydrogens is 280 g/mol. The van der Waals surface area contributed by atoms with Crippen LogP contribution in [0.4, 0.5) is 0 Å². The first-order chi connectivity index (χ1) is 10.7. The van der Waals surface area contributed by atoms with Crippen LogP contribution in [0, 0.1) is 11.8 Å². The average Bonchev–Trinajstić information content (AvgIpc) is 2.56. The van der Waals surface area contributed by atoms with Crippen molar-refractivity contribution in [1.29, 1.82) is 0 Å². The normalized spacial score (nSPS) is 18.7. The summed E-state index contributed by atoms with van der Waals surface area (Å²) in [6.45, 7) is 2.53. The van der Waals surface area contributed by atoms with Crippen molar-refractivity contribution in [3.63, 3.8) is 0 Å². The van der Waals surface area contributed by atoms with Crippen molar-refractivity contribution < 1.29 is 19.0 Å². The molecule has 1 fully saturated rings. The second-order valence-electron chi connectivity index (χ2n) is 5.21. The summed E-state index contributed by atoms with van der Waals surface area (Å²) in [5.74, 6) is 6.27. The standard InChI is InChI=1S/C18H22O4/c1-3-6-15(13-17(19)20-2)14-8-10-16(11-9-14)22-18-7-4-5-12-21-18/h8-11,15,18H,4-5,7,12-13H2,1-2H3/t15-,18?/m0/s1. The van der Waals surface area contributed by atoms with E-state index in [-0.39, 0.29) is 24.6 Å². The highest BCUT2D eigenvalue weighted by molar-refractivity contribution is 5.71. The van der Waals surface area contributed by atoms with E-state index in [1.807, 2.05) is 24.3 Å². The molecule has 1 saturated heterocycles. The molecule has 0 aromatic heterocycles. The second-order valence-corrected chi connectivity index (χ2v) is 5.21. The number of rotatable bonds is 5. The number of hydrogen-bond acceptors (Lipinski definition) is 4. The fraction of sp³-hybridized carbons (Fsp3) is 0.500. The highest BCUT2D eigenvalue weighted by Crippen LogP contribution is 2.24. The molecule has 0 saturated carbocycles. The second kappa shape index (κ2) is 8.45. The number of esters is 1. The van der Waals surface area contributed by atoms with Crippen LogP contribution < -0.4 is 4.74 Å². The fourth-order valence-corrected chi connectivity index (χ4v) is 2.41. The molecule has 1 aliphatic rings. The van der Waals surface area contributed by atoms with E-state index in [1.54, 1.807) is 6.92 Å². The van der Waals surface area contributed by atoms with Gasteiger partial charge in [-0.05, 0) is 37.5 Å². The van der Waals surface area contributed by atoms with Crippen molar-refractivity contribution >= 4 is 5.97 Å². The Labute approximate surface area is 131 Å². The minimum absolute atomic E-state index is 0.152. The molecule has 118 valence electrons. The zero-order chi connectivity index (χ0) is 15.8. The van der Waals surface area contributed by atoms with Gasteiger partial charge in [-0.2, -0.15) is 0 Å². The van der Waals surface area contributed by atoms with E-state index in [4.69, 9.17) is 14.2 Å². The maximum absolute atomic E-state index is 11.5. The maximum atomic E-state index is 11.5. The third-order valence-electron chi connectivity index (χ3n) is 3.60. The van der Waals surface area contributed by atoms with Crippen molar-refractivity contribution in [1.82, 2.24) is 0 Å². The predicted molar refractivity (Wildman–Crippen MR) is 83.5 cm³/mol. The van der Waals surface area contributed by atoms with Gasteiger partial charge in [-0.15, -0.1) is 5.92 Å². The number of hydrogen-bond donors (Lipinski definition) is 0. The monoisotopic (exact) mass is 302 g/mol. The van der Waals surface area contributed by atoms with Gasteiger partial charge in [0.25, 0.3) is 0 Å². The van der Waals surface area contributed by atoms with Crippen molar-refractivity contribution in [2.24, 2.45) is 0 Å². The van der Waals surface area contributed by atoms with Gasteiger partial charge in [0, 0.05) is 6.42 Å².